The number of rotatable bonds is 4. The number of urea groups is 1. The van der Waals surface area contributed by atoms with Gasteiger partial charge < -0.3 is 15.4 Å². The number of nitrogens with one attached hydrogen (secondary N) is 2. The lowest BCUT2D eigenvalue weighted by molar-refractivity contribution is 0.185. The first-order chi connectivity index (χ1) is 10.1. The number of hydrogen-bond donors (Lipinski definition) is 2. The molecule has 0 spiro atoms. The number of carbonyl (C=O) groups excluding carboxylic acids is 1. The lowest BCUT2D eigenvalue weighted by atomic mass is 10.1. The third-order valence-electron chi connectivity index (χ3n) is 3.29. The molecule has 0 aliphatic heterocycles. The van der Waals surface area contributed by atoms with Crippen LogP contribution in [0, 0.1) is 13.8 Å². The van der Waals surface area contributed by atoms with Crippen molar-refractivity contribution < 1.29 is 9.53 Å². The Morgan fingerprint density at radius 3 is 2.19 bits per heavy atom. The van der Waals surface area contributed by atoms with Crippen LogP contribution in [0.1, 0.15) is 16.7 Å². The van der Waals surface area contributed by atoms with E-state index >= 15 is 0 Å². The van der Waals surface area contributed by atoms with Crippen LogP contribution in [0.3, 0.4) is 0 Å². The topological polar surface area (TPSA) is 50.4 Å². The number of anilines is 2. The lowest BCUT2D eigenvalue weighted by Gasteiger charge is -2.09. The van der Waals surface area contributed by atoms with E-state index in [1.165, 1.54) is 5.56 Å². The fourth-order valence-corrected chi connectivity index (χ4v) is 1.96. The number of aryl methyl sites for hydroxylation is 2. The van der Waals surface area contributed by atoms with Crippen molar-refractivity contribution in [2.24, 2.45) is 0 Å². The molecule has 110 valence electrons. The van der Waals surface area contributed by atoms with E-state index in [1.54, 1.807) is 7.11 Å². The Labute approximate surface area is 125 Å². The minimum Gasteiger partial charge on any atom is -0.380 e. The molecule has 0 unspecified atom stereocenters. The summed E-state index contributed by atoms with van der Waals surface area (Å²) in [6.45, 7) is 4.63. The van der Waals surface area contributed by atoms with Crippen molar-refractivity contribution in [2.75, 3.05) is 17.7 Å². The molecular formula is C17H20N2O2. The molecule has 0 saturated carbocycles. The van der Waals surface area contributed by atoms with Crippen LogP contribution >= 0.6 is 0 Å². The van der Waals surface area contributed by atoms with Crippen molar-refractivity contribution in [3.63, 3.8) is 0 Å². The highest BCUT2D eigenvalue weighted by Gasteiger charge is 2.03. The van der Waals surface area contributed by atoms with Gasteiger partial charge in [-0.1, -0.05) is 18.2 Å². The summed E-state index contributed by atoms with van der Waals surface area (Å²) in [5.41, 5.74) is 4.95. The zero-order valence-corrected chi connectivity index (χ0v) is 12.6. The van der Waals surface area contributed by atoms with Gasteiger partial charge in [-0.3, -0.25) is 0 Å². The van der Waals surface area contributed by atoms with Crippen LogP contribution < -0.4 is 10.6 Å². The highest BCUT2D eigenvalue weighted by atomic mass is 16.5. The van der Waals surface area contributed by atoms with Gasteiger partial charge in [0.1, 0.15) is 0 Å². The van der Waals surface area contributed by atoms with Gasteiger partial charge in [-0.15, -0.1) is 0 Å². The van der Waals surface area contributed by atoms with Crippen LogP contribution in [0.4, 0.5) is 16.2 Å². The molecule has 0 saturated heterocycles. The van der Waals surface area contributed by atoms with E-state index in [1.807, 2.05) is 56.3 Å². The van der Waals surface area contributed by atoms with Gasteiger partial charge in [0.15, 0.2) is 0 Å². The number of benzene rings is 2. The Morgan fingerprint density at radius 2 is 1.57 bits per heavy atom. The maximum absolute atomic E-state index is 11.9. The molecule has 0 atom stereocenters. The minimum absolute atomic E-state index is 0.252. The van der Waals surface area contributed by atoms with Gasteiger partial charge in [0.05, 0.1) is 6.61 Å². The first kappa shape index (κ1) is 15.1. The average Bonchev–Trinajstić information content (AvgIpc) is 2.45. The maximum Gasteiger partial charge on any atom is 0.323 e. The molecule has 0 aromatic heterocycles. The zero-order valence-electron chi connectivity index (χ0n) is 12.6. The summed E-state index contributed by atoms with van der Waals surface area (Å²) in [5.74, 6) is 0. The summed E-state index contributed by atoms with van der Waals surface area (Å²) < 4.78 is 5.05. The van der Waals surface area contributed by atoms with E-state index in [-0.39, 0.29) is 6.03 Å². The second-order valence-corrected chi connectivity index (χ2v) is 5.01. The molecule has 2 aromatic rings. The van der Waals surface area contributed by atoms with Gasteiger partial charge in [-0.2, -0.15) is 0 Å². The number of carbonyl (C=O) groups is 1. The molecule has 0 heterocycles. The monoisotopic (exact) mass is 284 g/mol. The Morgan fingerprint density at radius 1 is 0.952 bits per heavy atom. The van der Waals surface area contributed by atoms with Crippen molar-refractivity contribution in [1.29, 1.82) is 0 Å². The molecule has 0 bridgehead atoms. The first-order valence-corrected chi connectivity index (χ1v) is 6.81. The smallest absolute Gasteiger partial charge is 0.323 e. The molecule has 0 aliphatic rings. The van der Waals surface area contributed by atoms with E-state index < -0.39 is 0 Å². The van der Waals surface area contributed by atoms with Crippen molar-refractivity contribution in [2.45, 2.75) is 20.5 Å². The minimum atomic E-state index is -0.252. The molecule has 0 radical (unpaired) electrons. The van der Waals surface area contributed by atoms with E-state index in [0.29, 0.717) is 6.61 Å². The second kappa shape index (κ2) is 6.90. The molecule has 0 aliphatic carbocycles. The normalized spacial score (nSPS) is 10.2. The predicted octanol–water partition coefficient (Wildman–Crippen LogP) is 4.09. The van der Waals surface area contributed by atoms with Crippen molar-refractivity contribution in [1.82, 2.24) is 0 Å². The second-order valence-electron chi connectivity index (χ2n) is 5.01. The van der Waals surface area contributed by atoms with E-state index in [2.05, 4.69) is 10.6 Å². The predicted molar refractivity (Wildman–Crippen MR) is 85.7 cm³/mol. The third kappa shape index (κ3) is 4.33. The largest absolute Gasteiger partial charge is 0.380 e. The van der Waals surface area contributed by atoms with Gasteiger partial charge in [0.25, 0.3) is 0 Å². The molecule has 2 rings (SSSR count). The lowest BCUT2D eigenvalue weighted by Crippen LogP contribution is -2.19. The van der Waals surface area contributed by atoms with Crippen molar-refractivity contribution in [3.05, 3.63) is 59.2 Å². The summed E-state index contributed by atoms with van der Waals surface area (Å²) in [7, 11) is 1.66. The zero-order chi connectivity index (χ0) is 15.2. The molecule has 0 fully saturated rings. The summed E-state index contributed by atoms with van der Waals surface area (Å²) >= 11 is 0. The number of ether oxygens (including phenoxy) is 1. The highest BCUT2D eigenvalue weighted by Crippen LogP contribution is 2.15. The molecular weight excluding hydrogens is 264 g/mol. The molecule has 21 heavy (non-hydrogen) atoms. The molecule has 2 N–H and O–H groups in total. The first-order valence-electron chi connectivity index (χ1n) is 6.81. The average molecular weight is 284 g/mol. The Bertz CT molecular complexity index is 621. The summed E-state index contributed by atoms with van der Waals surface area (Å²) in [5, 5.41) is 5.63. The van der Waals surface area contributed by atoms with Crippen LogP contribution in [0.5, 0.6) is 0 Å². The van der Waals surface area contributed by atoms with Gasteiger partial charge in [0, 0.05) is 18.5 Å². The van der Waals surface area contributed by atoms with E-state index in [0.717, 1.165) is 22.5 Å². The fraction of sp³-hybridized carbons (Fsp3) is 0.235. The number of amides is 2. The molecule has 4 nitrogen and oxygen atoms in total. The summed E-state index contributed by atoms with van der Waals surface area (Å²) in [6, 6.07) is 13.1. The van der Waals surface area contributed by atoms with Crippen LogP contribution in [-0.4, -0.2) is 13.1 Å². The van der Waals surface area contributed by atoms with Crippen LogP contribution in [-0.2, 0) is 11.3 Å². The van der Waals surface area contributed by atoms with Crippen LogP contribution in [0.15, 0.2) is 42.5 Å². The van der Waals surface area contributed by atoms with Gasteiger partial charge >= 0.3 is 6.03 Å². The van der Waals surface area contributed by atoms with Gasteiger partial charge in [0.2, 0.25) is 0 Å². The Balaban J connectivity index is 1.96. The van der Waals surface area contributed by atoms with Gasteiger partial charge in [-0.25, -0.2) is 4.79 Å². The molecule has 2 aromatic carbocycles. The fourth-order valence-electron chi connectivity index (χ4n) is 1.96. The maximum atomic E-state index is 11.9. The number of methoxy groups -OCH3 is 1. The Hall–Kier alpha value is -2.33. The highest BCUT2D eigenvalue weighted by molar-refractivity contribution is 5.99. The number of hydrogen-bond acceptors (Lipinski definition) is 2. The standard InChI is InChI=1S/C17H20N2O2/c1-12-4-7-16(10-13(12)2)19-17(20)18-15-8-5-14(6-9-15)11-21-3/h4-10H,11H2,1-3H3,(H2,18,19,20). The SMILES string of the molecule is COCc1ccc(NC(=O)Nc2ccc(C)c(C)c2)cc1. The summed E-state index contributed by atoms with van der Waals surface area (Å²) in [6.07, 6.45) is 0. The molecule has 4 heteroatoms. The van der Waals surface area contributed by atoms with Gasteiger partial charge in [-0.05, 0) is 54.8 Å². The molecule has 2 amide bonds. The quantitative estimate of drug-likeness (QED) is 0.888. The van der Waals surface area contributed by atoms with Crippen molar-refractivity contribution in [3.8, 4) is 0 Å². The van der Waals surface area contributed by atoms with E-state index in [4.69, 9.17) is 4.74 Å². The van der Waals surface area contributed by atoms with Crippen LogP contribution in [0.2, 0.25) is 0 Å². The summed E-state index contributed by atoms with van der Waals surface area (Å²) in [4.78, 5) is 11.9. The van der Waals surface area contributed by atoms with Crippen LogP contribution in [0.25, 0.3) is 0 Å². The van der Waals surface area contributed by atoms with E-state index in [9.17, 15) is 4.79 Å². The Kier molecular flexibility index (Phi) is 4.95. The van der Waals surface area contributed by atoms with Crippen molar-refractivity contribution >= 4 is 17.4 Å². The third-order valence-corrected chi connectivity index (χ3v) is 3.29.